The summed E-state index contributed by atoms with van der Waals surface area (Å²) in [6.07, 6.45) is -0.801. The van der Waals surface area contributed by atoms with Crippen LogP contribution >= 0.6 is 12.4 Å². The number of rotatable bonds is 3. The lowest BCUT2D eigenvalue weighted by Gasteiger charge is -2.39. The Kier molecular flexibility index (Phi) is 6.61. The lowest BCUT2D eigenvalue weighted by molar-refractivity contribution is -0.137. The first kappa shape index (κ1) is 21.0. The molecule has 26 heavy (non-hydrogen) atoms. The minimum Gasteiger partial charge on any atom is -0.342 e. The van der Waals surface area contributed by atoms with Crippen LogP contribution in [0.1, 0.15) is 37.3 Å². The molecule has 3 nitrogen and oxygen atoms in total. The number of likely N-dealkylation sites (tertiary alicyclic amines) is 1. The van der Waals surface area contributed by atoms with Crippen molar-refractivity contribution in [2.24, 2.45) is 11.3 Å². The van der Waals surface area contributed by atoms with Gasteiger partial charge in [0.05, 0.1) is 5.56 Å². The van der Waals surface area contributed by atoms with Crippen LogP contribution in [-0.2, 0) is 17.4 Å². The van der Waals surface area contributed by atoms with E-state index in [1.165, 1.54) is 12.5 Å². The third-order valence-electron chi connectivity index (χ3n) is 5.69. The molecule has 2 fully saturated rings. The van der Waals surface area contributed by atoms with E-state index in [1.807, 2.05) is 11.8 Å². The van der Waals surface area contributed by atoms with Crippen LogP contribution < -0.4 is 5.32 Å². The van der Waals surface area contributed by atoms with Gasteiger partial charge in [-0.2, -0.15) is 13.2 Å². The second-order valence-corrected chi connectivity index (χ2v) is 7.56. The number of nitrogens with one attached hydrogen (secondary N) is 1. The zero-order chi connectivity index (χ0) is 18.1. The highest BCUT2D eigenvalue weighted by Crippen LogP contribution is 2.37. The fraction of sp³-hybridized carbons (Fsp3) is 0.632. The van der Waals surface area contributed by atoms with Gasteiger partial charge in [-0.3, -0.25) is 4.79 Å². The Morgan fingerprint density at radius 1 is 1.27 bits per heavy atom. The standard InChI is InChI=1S/C19H25F3N2O.ClH/c1-14(11-15-3-2-4-16(12-15)19(20,21)22)17(25)24-9-6-18(7-10-24)5-8-23-13-18;/h2-4,12,14,23H,5-11,13H2,1H3;1H. The van der Waals surface area contributed by atoms with Crippen molar-refractivity contribution in [3.63, 3.8) is 0 Å². The van der Waals surface area contributed by atoms with Crippen LogP contribution in [0.4, 0.5) is 13.2 Å². The molecule has 0 aliphatic carbocycles. The number of halogens is 4. The normalized spacial score (nSPS) is 20.7. The van der Waals surface area contributed by atoms with E-state index in [0.29, 0.717) is 17.4 Å². The second-order valence-electron chi connectivity index (χ2n) is 7.56. The number of benzene rings is 1. The Morgan fingerprint density at radius 3 is 2.54 bits per heavy atom. The molecule has 1 unspecified atom stereocenters. The SMILES string of the molecule is CC(Cc1cccc(C(F)(F)F)c1)C(=O)N1CCC2(CCNC2)CC1.Cl. The van der Waals surface area contributed by atoms with Gasteiger partial charge in [-0.25, -0.2) is 0 Å². The van der Waals surface area contributed by atoms with Crippen molar-refractivity contribution in [2.45, 2.75) is 38.8 Å². The van der Waals surface area contributed by atoms with Gasteiger partial charge < -0.3 is 10.2 Å². The molecule has 2 aliphatic rings. The first-order chi connectivity index (χ1) is 11.8. The third-order valence-corrected chi connectivity index (χ3v) is 5.69. The molecule has 1 amide bonds. The molecule has 1 aromatic carbocycles. The van der Waals surface area contributed by atoms with Gasteiger partial charge in [0.15, 0.2) is 0 Å². The van der Waals surface area contributed by atoms with E-state index in [9.17, 15) is 18.0 Å². The van der Waals surface area contributed by atoms with Gasteiger partial charge in [-0.15, -0.1) is 12.4 Å². The Balaban J connectivity index is 0.00000243. The van der Waals surface area contributed by atoms with Gasteiger partial charge in [-0.05, 0) is 49.3 Å². The second kappa shape index (κ2) is 8.17. The van der Waals surface area contributed by atoms with Crippen LogP contribution in [0.3, 0.4) is 0 Å². The molecule has 0 saturated carbocycles. The molecule has 0 bridgehead atoms. The van der Waals surface area contributed by atoms with Crippen LogP contribution in [-0.4, -0.2) is 37.0 Å². The fourth-order valence-electron chi connectivity index (χ4n) is 4.05. The van der Waals surface area contributed by atoms with Crippen molar-refractivity contribution >= 4 is 18.3 Å². The van der Waals surface area contributed by atoms with Gasteiger partial charge in [0.2, 0.25) is 5.91 Å². The fourth-order valence-corrected chi connectivity index (χ4v) is 4.05. The summed E-state index contributed by atoms with van der Waals surface area (Å²) in [5, 5.41) is 3.40. The van der Waals surface area contributed by atoms with Crippen molar-refractivity contribution in [3.8, 4) is 0 Å². The summed E-state index contributed by atoms with van der Waals surface area (Å²) in [5.41, 5.74) is 0.253. The van der Waals surface area contributed by atoms with Crippen molar-refractivity contribution in [1.29, 1.82) is 0 Å². The molecule has 2 saturated heterocycles. The van der Waals surface area contributed by atoms with E-state index in [4.69, 9.17) is 0 Å². The maximum Gasteiger partial charge on any atom is 0.416 e. The molecule has 1 aromatic rings. The Bertz CT molecular complexity index is 619. The minimum absolute atomic E-state index is 0. The molecule has 3 rings (SSSR count). The number of carbonyl (C=O) groups is 1. The van der Waals surface area contributed by atoms with Gasteiger partial charge in [-0.1, -0.05) is 25.1 Å². The smallest absolute Gasteiger partial charge is 0.342 e. The molecule has 146 valence electrons. The molecule has 1 spiro atoms. The Morgan fingerprint density at radius 2 is 1.96 bits per heavy atom. The van der Waals surface area contributed by atoms with Crippen molar-refractivity contribution in [1.82, 2.24) is 10.2 Å². The van der Waals surface area contributed by atoms with Crippen LogP contribution in [0.25, 0.3) is 0 Å². The van der Waals surface area contributed by atoms with Gasteiger partial charge in [0.1, 0.15) is 0 Å². The molecule has 0 aromatic heterocycles. The topological polar surface area (TPSA) is 32.3 Å². The molecular formula is C19H26ClF3N2O. The van der Waals surface area contributed by atoms with E-state index in [2.05, 4.69) is 5.32 Å². The summed E-state index contributed by atoms with van der Waals surface area (Å²) in [6.45, 7) is 5.42. The van der Waals surface area contributed by atoms with E-state index < -0.39 is 11.7 Å². The number of carbonyl (C=O) groups excluding carboxylic acids is 1. The molecule has 0 radical (unpaired) electrons. The maximum atomic E-state index is 12.8. The number of hydrogen-bond donors (Lipinski definition) is 1. The first-order valence-electron chi connectivity index (χ1n) is 8.95. The first-order valence-corrected chi connectivity index (χ1v) is 8.95. The number of amides is 1. The molecule has 1 N–H and O–H groups in total. The van der Waals surface area contributed by atoms with Crippen molar-refractivity contribution in [2.75, 3.05) is 26.2 Å². The highest BCUT2D eigenvalue weighted by Gasteiger charge is 2.38. The third kappa shape index (κ3) is 4.71. The quantitative estimate of drug-likeness (QED) is 0.848. The minimum atomic E-state index is -4.35. The van der Waals surface area contributed by atoms with Crippen LogP contribution in [0.5, 0.6) is 0 Å². The number of hydrogen-bond acceptors (Lipinski definition) is 2. The molecule has 1 atom stereocenters. The zero-order valence-electron chi connectivity index (χ0n) is 14.9. The predicted molar refractivity (Wildman–Crippen MR) is 97.3 cm³/mol. The molecule has 2 aliphatic heterocycles. The molecular weight excluding hydrogens is 365 g/mol. The van der Waals surface area contributed by atoms with E-state index in [-0.39, 0.29) is 24.2 Å². The predicted octanol–water partition coefficient (Wildman–Crippen LogP) is 3.91. The van der Waals surface area contributed by atoms with Crippen LogP contribution in [0.15, 0.2) is 24.3 Å². The molecule has 2 heterocycles. The lowest BCUT2D eigenvalue weighted by Crippen LogP contribution is -2.46. The maximum absolute atomic E-state index is 12.8. The average molecular weight is 391 g/mol. The molecule has 7 heteroatoms. The van der Waals surface area contributed by atoms with Gasteiger partial charge in [0.25, 0.3) is 0 Å². The van der Waals surface area contributed by atoms with E-state index in [0.717, 1.165) is 51.2 Å². The zero-order valence-corrected chi connectivity index (χ0v) is 15.8. The number of nitrogens with zero attached hydrogens (tertiary/aromatic N) is 1. The number of piperidine rings is 1. The summed E-state index contributed by atoms with van der Waals surface area (Å²) < 4.78 is 38.5. The van der Waals surface area contributed by atoms with Crippen LogP contribution in [0, 0.1) is 11.3 Å². The summed E-state index contributed by atoms with van der Waals surface area (Å²) in [4.78, 5) is 14.6. The lowest BCUT2D eigenvalue weighted by atomic mass is 9.77. The largest absolute Gasteiger partial charge is 0.416 e. The van der Waals surface area contributed by atoms with Gasteiger partial charge in [0, 0.05) is 25.6 Å². The Hall–Kier alpha value is -1.27. The summed E-state index contributed by atoms with van der Waals surface area (Å²) in [7, 11) is 0. The van der Waals surface area contributed by atoms with E-state index in [1.54, 1.807) is 6.07 Å². The summed E-state index contributed by atoms with van der Waals surface area (Å²) in [6, 6.07) is 5.29. The van der Waals surface area contributed by atoms with Gasteiger partial charge >= 0.3 is 6.18 Å². The average Bonchev–Trinajstić information content (AvgIpc) is 3.02. The van der Waals surface area contributed by atoms with Crippen LogP contribution in [0.2, 0.25) is 0 Å². The van der Waals surface area contributed by atoms with Crippen molar-refractivity contribution in [3.05, 3.63) is 35.4 Å². The number of alkyl halides is 3. The Labute approximate surface area is 158 Å². The summed E-state index contributed by atoms with van der Waals surface area (Å²) >= 11 is 0. The van der Waals surface area contributed by atoms with Crippen molar-refractivity contribution < 1.29 is 18.0 Å². The summed E-state index contributed by atoms with van der Waals surface area (Å²) in [5.74, 6) is -0.252. The monoisotopic (exact) mass is 390 g/mol. The highest BCUT2D eigenvalue weighted by atomic mass is 35.5. The van der Waals surface area contributed by atoms with E-state index >= 15 is 0 Å². The highest BCUT2D eigenvalue weighted by molar-refractivity contribution is 5.85.